The minimum absolute atomic E-state index is 0.0158. The fraction of sp³-hybridized carbons (Fsp3) is 0.909. The van der Waals surface area contributed by atoms with Gasteiger partial charge in [-0.2, -0.15) is 0 Å². The zero-order valence-electron chi connectivity index (χ0n) is 9.57. The van der Waals surface area contributed by atoms with Gasteiger partial charge in [0.2, 0.25) is 0 Å². The van der Waals surface area contributed by atoms with E-state index in [-0.39, 0.29) is 10.2 Å². The van der Waals surface area contributed by atoms with Crippen LogP contribution in [0.15, 0.2) is 0 Å². The van der Waals surface area contributed by atoms with Crippen molar-refractivity contribution in [2.45, 2.75) is 40.0 Å². The molecule has 0 N–H and O–H groups in total. The van der Waals surface area contributed by atoms with Gasteiger partial charge in [0.1, 0.15) is 0 Å². The maximum atomic E-state index is 11.6. The van der Waals surface area contributed by atoms with Crippen LogP contribution in [-0.2, 0) is 4.79 Å². The molecule has 1 amide bonds. The molecule has 0 radical (unpaired) electrons. The van der Waals surface area contributed by atoms with Crippen LogP contribution in [0.1, 0.15) is 40.0 Å². The molecule has 86 valence electrons. The van der Waals surface area contributed by atoms with Gasteiger partial charge in [0.05, 0.1) is 10.8 Å². The molecule has 0 heterocycles. The molecule has 1 aliphatic rings. The normalized spacial score (nSPS) is 31.7. The summed E-state index contributed by atoms with van der Waals surface area (Å²) in [4.78, 5) is 22.5. The van der Waals surface area contributed by atoms with E-state index < -0.39 is 5.91 Å². The van der Waals surface area contributed by atoms with Crippen LogP contribution in [0.2, 0.25) is 0 Å². The van der Waals surface area contributed by atoms with Gasteiger partial charge in [-0.25, -0.2) is 4.79 Å². The molecule has 3 unspecified atom stereocenters. The quantitative estimate of drug-likeness (QED) is 0.686. The van der Waals surface area contributed by atoms with Crippen molar-refractivity contribution in [3.05, 3.63) is 4.91 Å². The van der Waals surface area contributed by atoms with Crippen LogP contribution < -0.4 is 0 Å². The number of hydrogen-bond donors (Lipinski definition) is 0. The van der Waals surface area contributed by atoms with E-state index in [1.165, 1.54) is 0 Å². The monoisotopic (exact) mass is 232 g/mol. The van der Waals surface area contributed by atoms with Gasteiger partial charge in [0, 0.05) is 0 Å². The number of nitroso groups, excluding NO2 is 1. The Hall–Kier alpha value is -0.440. The number of hydrogen-bond acceptors (Lipinski definition) is 2. The van der Waals surface area contributed by atoms with E-state index >= 15 is 0 Å². The molecule has 1 saturated carbocycles. The maximum Gasteiger partial charge on any atom is 0.460 e. The molecule has 15 heavy (non-hydrogen) atoms. The lowest BCUT2D eigenvalue weighted by Crippen LogP contribution is -2.35. The summed E-state index contributed by atoms with van der Waals surface area (Å²) in [6.45, 7) is 6.33. The summed E-state index contributed by atoms with van der Waals surface area (Å²) >= 11 is 5.21. The Bertz CT molecular complexity index is 265. The van der Waals surface area contributed by atoms with Crippen LogP contribution in [0.25, 0.3) is 0 Å². The van der Waals surface area contributed by atoms with Crippen LogP contribution in [0.4, 0.5) is 0 Å². The first-order valence-electron chi connectivity index (χ1n) is 5.60. The Morgan fingerprint density at radius 1 is 1.40 bits per heavy atom. The molecule has 3 atom stereocenters. The average molecular weight is 233 g/mol. The third-order valence-corrected chi connectivity index (χ3v) is 3.68. The predicted octanol–water partition coefficient (Wildman–Crippen LogP) is 3.15. The van der Waals surface area contributed by atoms with E-state index in [2.05, 4.69) is 20.8 Å². The van der Waals surface area contributed by atoms with Gasteiger partial charge in [0.15, 0.2) is 4.28 Å². The molecule has 0 aromatic rings. The van der Waals surface area contributed by atoms with Crippen molar-refractivity contribution < 1.29 is 9.07 Å². The minimum atomic E-state index is -0.457. The van der Waals surface area contributed by atoms with E-state index in [4.69, 9.17) is 11.8 Å². The molecule has 3 nitrogen and oxygen atoms in total. The third-order valence-electron chi connectivity index (χ3n) is 3.51. The second kappa shape index (κ2) is 5.06. The Kier molecular flexibility index (Phi) is 4.26. The standard InChI is InChI=1S/C11H19ClNO2/c1-7(2)9-5-4-8(3)6-10(9)11(14)13(12)15/h7-10H,4-6H2,1-3H3/q+1. The van der Waals surface area contributed by atoms with Crippen molar-refractivity contribution >= 4 is 17.7 Å². The molecule has 1 aliphatic carbocycles. The number of nitrogens with zero attached hydrogens (tertiary/aromatic N) is 1. The third kappa shape index (κ3) is 3.00. The van der Waals surface area contributed by atoms with Gasteiger partial charge >= 0.3 is 17.7 Å². The molecule has 0 spiro atoms. The Morgan fingerprint density at radius 3 is 2.47 bits per heavy atom. The van der Waals surface area contributed by atoms with Gasteiger partial charge in [-0.1, -0.05) is 27.2 Å². The summed E-state index contributed by atoms with van der Waals surface area (Å²) in [6, 6.07) is 0. The predicted molar refractivity (Wildman–Crippen MR) is 59.3 cm³/mol. The number of carbonyl (C=O) groups is 1. The summed E-state index contributed by atoms with van der Waals surface area (Å²) in [6.07, 6.45) is 2.97. The lowest BCUT2D eigenvalue weighted by Gasteiger charge is -2.33. The molecule has 4 heteroatoms. The minimum Gasteiger partial charge on any atom is -0.212 e. The Balaban J connectivity index is 2.79. The first-order chi connectivity index (χ1) is 6.93. The Morgan fingerprint density at radius 2 is 2.00 bits per heavy atom. The number of carbonyl (C=O) groups excluding carboxylic acids is 1. The van der Waals surface area contributed by atoms with Gasteiger partial charge in [-0.15, -0.1) is 0 Å². The molecule has 0 aromatic heterocycles. The highest BCUT2D eigenvalue weighted by atomic mass is 35.5. The van der Waals surface area contributed by atoms with Crippen molar-refractivity contribution in [1.29, 1.82) is 0 Å². The maximum absolute atomic E-state index is 11.6. The van der Waals surface area contributed by atoms with E-state index in [1.54, 1.807) is 0 Å². The summed E-state index contributed by atoms with van der Waals surface area (Å²) in [5.74, 6) is 0.628. The zero-order chi connectivity index (χ0) is 11.6. The first-order valence-corrected chi connectivity index (χ1v) is 5.94. The largest absolute Gasteiger partial charge is 0.460 e. The molecule has 0 bridgehead atoms. The van der Waals surface area contributed by atoms with E-state index in [0.717, 1.165) is 19.3 Å². The molecular weight excluding hydrogens is 214 g/mol. The Labute approximate surface area is 95.9 Å². The van der Waals surface area contributed by atoms with Crippen LogP contribution >= 0.6 is 11.8 Å². The molecule has 0 aliphatic heterocycles. The highest BCUT2D eigenvalue weighted by molar-refractivity contribution is 6.09. The second-order valence-electron chi connectivity index (χ2n) is 5.02. The topological polar surface area (TPSA) is 37.1 Å². The first kappa shape index (κ1) is 12.6. The SMILES string of the molecule is CC1CCC(C(C)C)C(C(=O)[N+](=O)Cl)C1. The summed E-state index contributed by atoms with van der Waals surface area (Å²) in [5, 5.41) is 0. The summed E-state index contributed by atoms with van der Waals surface area (Å²) in [5.41, 5.74) is 0. The summed E-state index contributed by atoms with van der Waals surface area (Å²) < 4.78 is -0.0158. The van der Waals surface area contributed by atoms with Crippen molar-refractivity contribution in [2.24, 2.45) is 23.7 Å². The molecule has 0 saturated heterocycles. The summed E-state index contributed by atoms with van der Waals surface area (Å²) in [7, 11) is 0. The molecule has 0 aromatic carbocycles. The smallest absolute Gasteiger partial charge is 0.212 e. The van der Waals surface area contributed by atoms with Gasteiger partial charge in [-0.05, 0) is 30.6 Å². The highest BCUT2D eigenvalue weighted by Gasteiger charge is 2.42. The van der Waals surface area contributed by atoms with Crippen LogP contribution in [-0.4, -0.2) is 10.2 Å². The molecular formula is C11H19ClNO2+. The van der Waals surface area contributed by atoms with Crippen LogP contribution in [0, 0.1) is 28.6 Å². The molecule has 1 rings (SSSR count). The fourth-order valence-corrected chi connectivity index (χ4v) is 2.74. The van der Waals surface area contributed by atoms with Gasteiger partial charge in [0.25, 0.3) is 0 Å². The average Bonchev–Trinajstić information content (AvgIpc) is 2.15. The molecule has 1 fully saturated rings. The number of rotatable bonds is 2. The van der Waals surface area contributed by atoms with E-state index in [0.29, 0.717) is 17.8 Å². The van der Waals surface area contributed by atoms with Crippen molar-refractivity contribution in [2.75, 3.05) is 0 Å². The van der Waals surface area contributed by atoms with Gasteiger partial charge in [-0.3, -0.25) is 0 Å². The van der Waals surface area contributed by atoms with Crippen LogP contribution in [0.5, 0.6) is 0 Å². The zero-order valence-corrected chi connectivity index (χ0v) is 10.3. The number of halogens is 1. The van der Waals surface area contributed by atoms with Crippen molar-refractivity contribution in [1.82, 2.24) is 0 Å². The lowest BCUT2D eigenvalue weighted by molar-refractivity contribution is -0.338. The number of amides is 1. The lowest BCUT2D eigenvalue weighted by atomic mass is 9.70. The highest BCUT2D eigenvalue weighted by Crippen LogP contribution is 2.38. The van der Waals surface area contributed by atoms with Crippen molar-refractivity contribution in [3.8, 4) is 0 Å². The fourth-order valence-electron chi connectivity index (χ4n) is 2.62. The van der Waals surface area contributed by atoms with E-state index in [9.17, 15) is 9.70 Å². The van der Waals surface area contributed by atoms with Crippen molar-refractivity contribution in [3.63, 3.8) is 0 Å². The van der Waals surface area contributed by atoms with E-state index in [1.807, 2.05) is 0 Å². The van der Waals surface area contributed by atoms with Crippen LogP contribution in [0.3, 0.4) is 0 Å². The van der Waals surface area contributed by atoms with Gasteiger partial charge < -0.3 is 0 Å². The second-order valence-corrected chi connectivity index (χ2v) is 5.32.